The van der Waals surface area contributed by atoms with E-state index >= 15 is 0 Å². The second-order valence-corrected chi connectivity index (χ2v) is 11.8. The maximum atomic E-state index is 12.8. The first-order valence-corrected chi connectivity index (χ1v) is 15.9. The van der Waals surface area contributed by atoms with Gasteiger partial charge >= 0.3 is 5.97 Å². The van der Waals surface area contributed by atoms with Gasteiger partial charge in [-0.2, -0.15) is 5.26 Å². The molecule has 0 saturated carbocycles. The first kappa shape index (κ1) is 33.1. The molecule has 0 radical (unpaired) electrons. The summed E-state index contributed by atoms with van der Waals surface area (Å²) in [5.74, 6) is -1.53. The molecular formula is C40H31N3O4S. The zero-order valence-electron chi connectivity index (χ0n) is 26.2. The lowest BCUT2D eigenvalue weighted by Crippen LogP contribution is -2.16. The van der Waals surface area contributed by atoms with E-state index in [-0.39, 0.29) is 11.8 Å². The van der Waals surface area contributed by atoms with Gasteiger partial charge in [-0.1, -0.05) is 78.9 Å². The molecule has 7 nitrogen and oxygen atoms in total. The summed E-state index contributed by atoms with van der Waals surface area (Å²) in [4.78, 5) is 36.6. The lowest BCUT2D eigenvalue weighted by molar-refractivity contribution is 0.0696. The van der Waals surface area contributed by atoms with E-state index in [1.807, 2.05) is 79.7 Å². The molecular weight excluding hydrogens is 619 g/mol. The summed E-state index contributed by atoms with van der Waals surface area (Å²) in [7, 11) is 0. The Hall–Kier alpha value is -6.30. The molecule has 2 amide bonds. The fourth-order valence-electron chi connectivity index (χ4n) is 5.02. The van der Waals surface area contributed by atoms with E-state index in [0.29, 0.717) is 32.9 Å². The molecule has 236 valence electrons. The quantitative estimate of drug-likeness (QED) is 0.159. The Balaban J connectivity index is 0.000000236. The van der Waals surface area contributed by atoms with Crippen LogP contribution in [0, 0.1) is 25.2 Å². The fourth-order valence-corrected chi connectivity index (χ4v) is 5.76. The predicted molar refractivity (Wildman–Crippen MR) is 192 cm³/mol. The van der Waals surface area contributed by atoms with Crippen LogP contribution >= 0.6 is 11.3 Å². The summed E-state index contributed by atoms with van der Waals surface area (Å²) >= 11 is 1.23. The Morgan fingerprint density at radius 3 is 1.75 bits per heavy atom. The molecule has 5 aromatic carbocycles. The Kier molecular flexibility index (Phi) is 10.6. The molecule has 0 aliphatic carbocycles. The summed E-state index contributed by atoms with van der Waals surface area (Å²) in [5, 5.41) is 25.2. The SMILES string of the molecule is Cc1ccccc1-c1ccc(C(=O)Nc2ccsc2C(=O)Nc2cccc(C#N)c2)cc1.Cc1ccccc1-c1ccc(C(=O)O)cc1. The van der Waals surface area contributed by atoms with Crippen molar-refractivity contribution in [2.75, 3.05) is 10.6 Å². The van der Waals surface area contributed by atoms with Gasteiger partial charge in [0.25, 0.3) is 11.8 Å². The lowest BCUT2D eigenvalue weighted by Gasteiger charge is -2.09. The van der Waals surface area contributed by atoms with E-state index in [9.17, 15) is 14.4 Å². The summed E-state index contributed by atoms with van der Waals surface area (Å²) in [6.07, 6.45) is 0. The van der Waals surface area contributed by atoms with E-state index < -0.39 is 5.97 Å². The van der Waals surface area contributed by atoms with Crippen LogP contribution in [0.2, 0.25) is 0 Å². The summed E-state index contributed by atoms with van der Waals surface area (Å²) in [5.41, 5.74) is 8.93. The molecule has 0 spiro atoms. The van der Waals surface area contributed by atoms with Crippen LogP contribution in [0.3, 0.4) is 0 Å². The van der Waals surface area contributed by atoms with Crippen molar-refractivity contribution in [3.63, 3.8) is 0 Å². The highest BCUT2D eigenvalue weighted by molar-refractivity contribution is 7.12. The summed E-state index contributed by atoms with van der Waals surface area (Å²) < 4.78 is 0. The zero-order valence-corrected chi connectivity index (χ0v) is 27.0. The van der Waals surface area contributed by atoms with Gasteiger partial charge in [0.05, 0.1) is 22.9 Å². The molecule has 8 heteroatoms. The normalized spacial score (nSPS) is 10.2. The average Bonchev–Trinajstić information content (AvgIpc) is 3.57. The molecule has 0 saturated heterocycles. The van der Waals surface area contributed by atoms with Crippen LogP contribution in [0.4, 0.5) is 11.4 Å². The van der Waals surface area contributed by atoms with Gasteiger partial charge in [-0.05, 0) is 101 Å². The third kappa shape index (κ3) is 8.10. The standard InChI is InChI=1S/C26H19N3O2S.C14H12O2/c1-17-5-2-3-8-22(17)19-9-11-20(12-10-19)25(30)29-23-13-14-32-24(23)26(31)28-21-7-4-6-18(15-21)16-27;1-10-4-2-3-5-13(10)11-6-8-12(9-7-11)14(15)16/h2-15H,1H3,(H,28,31)(H,29,30);2-9H,1H3,(H,15,16). The molecule has 0 bridgehead atoms. The van der Waals surface area contributed by atoms with Gasteiger partial charge in [-0.15, -0.1) is 11.3 Å². The number of benzene rings is 5. The number of nitrogens with one attached hydrogen (secondary N) is 2. The van der Waals surface area contributed by atoms with E-state index in [0.717, 1.165) is 22.3 Å². The van der Waals surface area contributed by atoms with E-state index in [1.165, 1.54) is 22.5 Å². The number of nitrogens with zero attached hydrogens (tertiary/aromatic N) is 1. The minimum absolute atomic E-state index is 0.291. The monoisotopic (exact) mass is 649 g/mol. The first-order valence-electron chi connectivity index (χ1n) is 15.0. The van der Waals surface area contributed by atoms with Crippen LogP contribution in [-0.4, -0.2) is 22.9 Å². The molecule has 0 atom stereocenters. The Bertz CT molecular complexity index is 2130. The van der Waals surface area contributed by atoms with Gasteiger partial charge in [0.1, 0.15) is 4.88 Å². The van der Waals surface area contributed by atoms with Crippen molar-refractivity contribution in [2.24, 2.45) is 0 Å². The van der Waals surface area contributed by atoms with E-state index in [1.54, 1.807) is 60.0 Å². The molecule has 6 rings (SSSR count). The molecule has 48 heavy (non-hydrogen) atoms. The third-order valence-electron chi connectivity index (χ3n) is 7.56. The zero-order chi connectivity index (χ0) is 34.0. The van der Waals surface area contributed by atoms with Crippen molar-refractivity contribution in [1.29, 1.82) is 5.26 Å². The van der Waals surface area contributed by atoms with Gasteiger partial charge in [-0.3, -0.25) is 9.59 Å². The van der Waals surface area contributed by atoms with Crippen molar-refractivity contribution in [3.8, 4) is 28.3 Å². The van der Waals surface area contributed by atoms with Crippen LogP contribution in [0.5, 0.6) is 0 Å². The molecule has 1 aromatic heterocycles. The average molecular weight is 650 g/mol. The number of hydrogen-bond acceptors (Lipinski definition) is 5. The molecule has 1 heterocycles. The van der Waals surface area contributed by atoms with Gasteiger partial charge in [0, 0.05) is 11.3 Å². The number of nitriles is 1. The smallest absolute Gasteiger partial charge is 0.335 e. The number of carbonyl (C=O) groups is 3. The van der Waals surface area contributed by atoms with Crippen LogP contribution in [-0.2, 0) is 0 Å². The van der Waals surface area contributed by atoms with Crippen LogP contribution < -0.4 is 10.6 Å². The number of rotatable bonds is 7. The van der Waals surface area contributed by atoms with Gasteiger partial charge in [-0.25, -0.2) is 4.79 Å². The maximum absolute atomic E-state index is 12.8. The largest absolute Gasteiger partial charge is 0.478 e. The number of carboxylic acids is 1. The minimum atomic E-state index is -0.892. The first-order chi connectivity index (χ1) is 23.2. The highest BCUT2D eigenvalue weighted by Gasteiger charge is 2.17. The molecule has 0 fully saturated rings. The molecule has 3 N–H and O–H groups in total. The van der Waals surface area contributed by atoms with Gasteiger partial charge < -0.3 is 15.7 Å². The number of thiophene rings is 1. The Morgan fingerprint density at radius 1 is 0.646 bits per heavy atom. The highest BCUT2D eigenvalue weighted by atomic mass is 32.1. The topological polar surface area (TPSA) is 119 Å². The number of aryl methyl sites for hydroxylation is 2. The van der Waals surface area contributed by atoms with Crippen molar-refractivity contribution in [3.05, 3.63) is 165 Å². The number of carbonyl (C=O) groups excluding carboxylic acids is 2. The fraction of sp³-hybridized carbons (Fsp3) is 0.0500. The summed E-state index contributed by atoms with van der Waals surface area (Å²) in [6.45, 7) is 4.09. The second-order valence-electron chi connectivity index (χ2n) is 10.9. The van der Waals surface area contributed by atoms with Crippen LogP contribution in [0.1, 0.15) is 47.1 Å². The van der Waals surface area contributed by atoms with E-state index in [4.69, 9.17) is 10.4 Å². The third-order valence-corrected chi connectivity index (χ3v) is 8.47. The van der Waals surface area contributed by atoms with Crippen molar-refractivity contribution >= 4 is 40.5 Å². The Labute approximate surface area is 282 Å². The highest BCUT2D eigenvalue weighted by Crippen LogP contribution is 2.27. The summed E-state index contributed by atoms with van der Waals surface area (Å²) in [6, 6.07) is 40.9. The number of amides is 2. The predicted octanol–water partition coefficient (Wildman–Crippen LogP) is 9.46. The van der Waals surface area contributed by atoms with Gasteiger partial charge in [0.2, 0.25) is 0 Å². The molecule has 0 unspecified atom stereocenters. The van der Waals surface area contributed by atoms with E-state index in [2.05, 4.69) is 23.6 Å². The van der Waals surface area contributed by atoms with Crippen LogP contribution in [0.25, 0.3) is 22.3 Å². The molecule has 0 aliphatic heterocycles. The number of carboxylic acid groups (broad SMARTS) is 1. The minimum Gasteiger partial charge on any atom is -0.478 e. The number of aromatic carboxylic acids is 1. The molecule has 6 aromatic rings. The van der Waals surface area contributed by atoms with Crippen molar-refractivity contribution in [2.45, 2.75) is 13.8 Å². The van der Waals surface area contributed by atoms with Gasteiger partial charge in [0.15, 0.2) is 0 Å². The van der Waals surface area contributed by atoms with Crippen molar-refractivity contribution in [1.82, 2.24) is 0 Å². The number of anilines is 2. The van der Waals surface area contributed by atoms with Crippen molar-refractivity contribution < 1.29 is 19.5 Å². The second kappa shape index (κ2) is 15.3. The Morgan fingerprint density at radius 2 is 1.21 bits per heavy atom. The molecule has 0 aliphatic rings. The van der Waals surface area contributed by atoms with Crippen LogP contribution in [0.15, 0.2) is 133 Å². The lowest BCUT2D eigenvalue weighted by atomic mass is 9.99. The maximum Gasteiger partial charge on any atom is 0.335 e. The number of hydrogen-bond donors (Lipinski definition) is 3.